The van der Waals surface area contributed by atoms with E-state index in [-0.39, 0.29) is 0 Å². The van der Waals surface area contributed by atoms with Crippen LogP contribution in [0.1, 0.15) is 37.2 Å². The SMILES string of the molecule is COc1ccc(C2CCN(CC3(F)CCN(C)CC3)CC2)cc1. The minimum Gasteiger partial charge on any atom is -0.497 e. The zero-order valence-electron chi connectivity index (χ0n) is 14.4. The number of halogens is 1. The monoisotopic (exact) mass is 320 g/mol. The second-order valence-electron chi connectivity index (χ2n) is 7.28. The van der Waals surface area contributed by atoms with Gasteiger partial charge in [0.15, 0.2) is 0 Å². The van der Waals surface area contributed by atoms with Crippen molar-refractivity contribution < 1.29 is 9.13 Å². The predicted octanol–water partition coefficient (Wildman–Crippen LogP) is 3.31. The number of piperidine rings is 2. The molecule has 3 nitrogen and oxygen atoms in total. The van der Waals surface area contributed by atoms with Crippen LogP contribution >= 0.6 is 0 Å². The third kappa shape index (κ3) is 4.24. The summed E-state index contributed by atoms with van der Waals surface area (Å²) >= 11 is 0. The fraction of sp³-hybridized carbons (Fsp3) is 0.684. The summed E-state index contributed by atoms with van der Waals surface area (Å²) in [5.41, 5.74) is 0.416. The summed E-state index contributed by atoms with van der Waals surface area (Å²) in [5, 5.41) is 0. The van der Waals surface area contributed by atoms with Crippen LogP contribution in [-0.4, -0.2) is 62.3 Å². The van der Waals surface area contributed by atoms with E-state index in [9.17, 15) is 4.39 Å². The molecule has 0 radical (unpaired) electrons. The molecule has 4 heteroatoms. The Morgan fingerprint density at radius 2 is 1.70 bits per heavy atom. The maximum absolute atomic E-state index is 15.0. The van der Waals surface area contributed by atoms with Crippen molar-refractivity contribution >= 4 is 0 Å². The zero-order valence-corrected chi connectivity index (χ0v) is 14.4. The number of hydrogen-bond donors (Lipinski definition) is 0. The van der Waals surface area contributed by atoms with Crippen molar-refractivity contribution in [3.8, 4) is 5.75 Å². The summed E-state index contributed by atoms with van der Waals surface area (Å²) in [5.74, 6) is 1.51. The van der Waals surface area contributed by atoms with E-state index in [1.165, 1.54) is 5.56 Å². The highest BCUT2D eigenvalue weighted by atomic mass is 19.1. The number of methoxy groups -OCH3 is 1. The molecule has 0 spiro atoms. The number of hydrogen-bond acceptors (Lipinski definition) is 3. The van der Waals surface area contributed by atoms with Crippen molar-refractivity contribution in [1.29, 1.82) is 0 Å². The van der Waals surface area contributed by atoms with Crippen LogP contribution in [0, 0.1) is 0 Å². The Kier molecular flexibility index (Phi) is 5.22. The van der Waals surface area contributed by atoms with Gasteiger partial charge in [-0.15, -0.1) is 0 Å². The van der Waals surface area contributed by atoms with Crippen molar-refractivity contribution in [3.05, 3.63) is 29.8 Å². The van der Waals surface area contributed by atoms with Gasteiger partial charge in [-0.1, -0.05) is 12.1 Å². The first-order chi connectivity index (χ1) is 11.1. The van der Waals surface area contributed by atoms with Crippen LogP contribution in [-0.2, 0) is 0 Å². The lowest BCUT2D eigenvalue weighted by molar-refractivity contribution is 0.0244. The van der Waals surface area contributed by atoms with Gasteiger partial charge in [-0.3, -0.25) is 0 Å². The van der Waals surface area contributed by atoms with E-state index in [2.05, 4.69) is 29.0 Å². The quantitative estimate of drug-likeness (QED) is 0.846. The smallest absolute Gasteiger partial charge is 0.126 e. The molecule has 23 heavy (non-hydrogen) atoms. The van der Waals surface area contributed by atoms with Crippen molar-refractivity contribution in [3.63, 3.8) is 0 Å². The van der Waals surface area contributed by atoms with Crippen LogP contribution in [0.25, 0.3) is 0 Å². The molecule has 2 fully saturated rings. The second kappa shape index (κ2) is 7.18. The highest BCUT2D eigenvalue weighted by Crippen LogP contribution is 2.32. The first kappa shape index (κ1) is 16.7. The van der Waals surface area contributed by atoms with Crippen LogP contribution < -0.4 is 4.74 Å². The van der Waals surface area contributed by atoms with Gasteiger partial charge >= 0.3 is 0 Å². The third-order valence-corrected chi connectivity index (χ3v) is 5.56. The molecule has 0 unspecified atom stereocenters. The molecule has 0 aromatic heterocycles. The Balaban J connectivity index is 1.50. The van der Waals surface area contributed by atoms with E-state index in [1.54, 1.807) is 7.11 Å². The van der Waals surface area contributed by atoms with E-state index in [4.69, 9.17) is 4.74 Å². The molecule has 2 aliphatic heterocycles. The molecule has 3 rings (SSSR count). The molecule has 128 valence electrons. The van der Waals surface area contributed by atoms with Crippen LogP contribution in [0.5, 0.6) is 5.75 Å². The van der Waals surface area contributed by atoms with Gasteiger partial charge in [-0.05, 0) is 69.4 Å². The molecule has 0 atom stereocenters. The molecule has 1 aromatic rings. The van der Waals surface area contributed by atoms with Gasteiger partial charge < -0.3 is 14.5 Å². The highest BCUT2D eigenvalue weighted by molar-refractivity contribution is 5.29. The topological polar surface area (TPSA) is 15.7 Å². The molecule has 0 bridgehead atoms. The summed E-state index contributed by atoms with van der Waals surface area (Å²) in [4.78, 5) is 4.57. The van der Waals surface area contributed by atoms with Gasteiger partial charge in [0.25, 0.3) is 0 Å². The molecule has 2 saturated heterocycles. The van der Waals surface area contributed by atoms with Gasteiger partial charge in [0.2, 0.25) is 0 Å². The lowest BCUT2D eigenvalue weighted by Crippen LogP contribution is -2.48. The Labute approximate surface area is 139 Å². The van der Waals surface area contributed by atoms with Crippen LogP contribution in [0.15, 0.2) is 24.3 Å². The van der Waals surface area contributed by atoms with E-state index in [0.29, 0.717) is 25.3 Å². The zero-order chi connectivity index (χ0) is 16.3. The lowest BCUT2D eigenvalue weighted by Gasteiger charge is -2.40. The van der Waals surface area contributed by atoms with Crippen molar-refractivity contribution in [2.24, 2.45) is 0 Å². The number of likely N-dealkylation sites (tertiary alicyclic amines) is 2. The normalized spacial score (nSPS) is 23.8. The fourth-order valence-electron chi connectivity index (χ4n) is 3.88. The standard InChI is InChI=1S/C19H29FN2O/c1-21-13-9-19(20,10-14-21)15-22-11-7-17(8-12-22)16-3-5-18(23-2)6-4-16/h3-6,17H,7-15H2,1-2H3. The van der Waals surface area contributed by atoms with E-state index in [1.807, 2.05) is 12.1 Å². The summed E-state index contributed by atoms with van der Waals surface area (Å²) in [7, 11) is 3.78. The second-order valence-corrected chi connectivity index (χ2v) is 7.28. The lowest BCUT2D eigenvalue weighted by atomic mass is 9.87. The molecule has 0 aliphatic carbocycles. The minimum absolute atomic E-state index is 0.602. The number of rotatable bonds is 4. The average Bonchev–Trinajstić information content (AvgIpc) is 2.59. The molecular formula is C19H29FN2O. The molecule has 2 heterocycles. The minimum atomic E-state index is -0.973. The molecule has 1 aromatic carbocycles. The van der Waals surface area contributed by atoms with Crippen LogP contribution in [0.3, 0.4) is 0 Å². The molecule has 0 N–H and O–H groups in total. The first-order valence-electron chi connectivity index (χ1n) is 8.82. The summed E-state index contributed by atoms with van der Waals surface area (Å²) in [6.45, 7) is 4.42. The number of ether oxygens (including phenoxy) is 1. The summed E-state index contributed by atoms with van der Waals surface area (Å²) < 4.78 is 20.2. The van der Waals surface area contributed by atoms with E-state index in [0.717, 1.165) is 44.8 Å². The maximum atomic E-state index is 15.0. The van der Waals surface area contributed by atoms with Gasteiger partial charge in [-0.25, -0.2) is 4.39 Å². The number of benzene rings is 1. The average molecular weight is 320 g/mol. The third-order valence-electron chi connectivity index (χ3n) is 5.56. The van der Waals surface area contributed by atoms with Gasteiger partial charge in [0.1, 0.15) is 11.4 Å². The molecule has 0 amide bonds. The predicted molar refractivity (Wildman–Crippen MR) is 92.0 cm³/mol. The highest BCUT2D eigenvalue weighted by Gasteiger charge is 2.36. The van der Waals surface area contributed by atoms with Gasteiger partial charge in [0, 0.05) is 19.6 Å². The summed E-state index contributed by atoms with van der Waals surface area (Å²) in [6.07, 6.45) is 3.62. The Hall–Kier alpha value is -1.13. The van der Waals surface area contributed by atoms with Crippen LogP contribution in [0.4, 0.5) is 4.39 Å². The summed E-state index contributed by atoms with van der Waals surface area (Å²) in [6, 6.07) is 8.42. The van der Waals surface area contributed by atoms with Crippen molar-refractivity contribution in [2.75, 3.05) is 46.9 Å². The fourth-order valence-corrected chi connectivity index (χ4v) is 3.88. The number of alkyl halides is 1. The Bertz CT molecular complexity index is 489. The van der Waals surface area contributed by atoms with Crippen molar-refractivity contribution in [2.45, 2.75) is 37.3 Å². The largest absolute Gasteiger partial charge is 0.497 e. The number of nitrogens with zero attached hydrogens (tertiary/aromatic N) is 2. The van der Waals surface area contributed by atoms with Crippen LogP contribution in [0.2, 0.25) is 0 Å². The van der Waals surface area contributed by atoms with Crippen molar-refractivity contribution in [1.82, 2.24) is 9.80 Å². The first-order valence-corrected chi connectivity index (χ1v) is 8.82. The van der Waals surface area contributed by atoms with Gasteiger partial charge in [0.05, 0.1) is 7.11 Å². The molecule has 0 saturated carbocycles. The maximum Gasteiger partial charge on any atom is 0.126 e. The van der Waals surface area contributed by atoms with E-state index >= 15 is 0 Å². The molecular weight excluding hydrogens is 291 g/mol. The molecule has 2 aliphatic rings. The van der Waals surface area contributed by atoms with E-state index < -0.39 is 5.67 Å². The Morgan fingerprint density at radius 1 is 1.09 bits per heavy atom. The van der Waals surface area contributed by atoms with Gasteiger partial charge in [-0.2, -0.15) is 0 Å². The Morgan fingerprint density at radius 3 is 2.26 bits per heavy atom.